The second-order valence-electron chi connectivity index (χ2n) is 4.32. The third kappa shape index (κ3) is 4.19. The number of sulfone groups is 1. The van der Waals surface area contributed by atoms with Gasteiger partial charge in [0.05, 0.1) is 22.9 Å². The quantitative estimate of drug-likeness (QED) is 0.719. The fourth-order valence-electron chi connectivity index (χ4n) is 1.26. The lowest BCUT2D eigenvalue weighted by Crippen LogP contribution is -2.21. The summed E-state index contributed by atoms with van der Waals surface area (Å²) >= 11 is 0. The molecule has 0 saturated heterocycles. The zero-order valence-electron chi connectivity index (χ0n) is 10.5. The van der Waals surface area contributed by atoms with E-state index in [1.807, 2.05) is 0 Å². The molecule has 1 rings (SSSR count). The Hall–Kier alpha value is -1.28. The van der Waals surface area contributed by atoms with Gasteiger partial charge in [-0.2, -0.15) is 0 Å². The molecular weight excluding hydrogens is 256 g/mol. The van der Waals surface area contributed by atoms with Crippen LogP contribution in [0.4, 0.5) is 0 Å². The molecule has 0 fully saturated rings. The highest BCUT2D eigenvalue weighted by Gasteiger charge is 2.18. The summed E-state index contributed by atoms with van der Waals surface area (Å²) in [6.45, 7) is 3.49. The van der Waals surface area contributed by atoms with Gasteiger partial charge in [-0.3, -0.25) is 4.79 Å². The summed E-state index contributed by atoms with van der Waals surface area (Å²) in [7, 11) is -3.17. The van der Waals surface area contributed by atoms with Crippen LogP contribution in [0, 0.1) is 0 Å². The molecule has 1 aromatic rings. The van der Waals surface area contributed by atoms with Crippen LogP contribution in [0.25, 0.3) is 0 Å². The van der Waals surface area contributed by atoms with Gasteiger partial charge in [0, 0.05) is 13.0 Å². The molecule has 1 aromatic heterocycles. The first-order chi connectivity index (χ1) is 8.35. The molecule has 102 valence electrons. The largest absolute Gasteiger partial charge is 0.325 e. The third-order valence-electron chi connectivity index (χ3n) is 2.52. The predicted octanol–water partition coefficient (Wildman–Crippen LogP) is -0.481. The summed E-state index contributed by atoms with van der Waals surface area (Å²) < 4.78 is 24.4. The molecule has 2 N–H and O–H groups in total. The molecule has 0 radical (unpaired) electrons. The summed E-state index contributed by atoms with van der Waals surface area (Å²) in [5.41, 5.74) is 5.96. The minimum absolute atomic E-state index is 0.00166. The molecule has 1 heterocycles. The lowest BCUT2D eigenvalue weighted by Gasteiger charge is -2.06. The fourth-order valence-corrected chi connectivity index (χ4v) is 2.24. The SMILES string of the molecule is CC(C)S(=O)(=O)CCC(=O)Cn1cc(CN)nn1. The number of nitrogens with two attached hydrogens (primary N) is 1. The number of rotatable bonds is 7. The van der Waals surface area contributed by atoms with E-state index in [-0.39, 0.29) is 31.0 Å². The molecule has 0 aliphatic carbocycles. The van der Waals surface area contributed by atoms with E-state index in [1.54, 1.807) is 20.0 Å². The average Bonchev–Trinajstić information content (AvgIpc) is 2.74. The molecule has 0 bridgehead atoms. The smallest absolute Gasteiger partial charge is 0.155 e. The van der Waals surface area contributed by atoms with Crippen molar-refractivity contribution >= 4 is 15.6 Å². The van der Waals surface area contributed by atoms with Gasteiger partial charge < -0.3 is 5.73 Å². The fraction of sp³-hybridized carbons (Fsp3) is 0.700. The van der Waals surface area contributed by atoms with E-state index in [0.717, 1.165) is 0 Å². The van der Waals surface area contributed by atoms with Crippen molar-refractivity contribution in [2.24, 2.45) is 5.73 Å². The summed E-state index contributed by atoms with van der Waals surface area (Å²) in [6.07, 6.45) is 1.58. The standard InChI is InChI=1S/C10H18N4O3S/c1-8(2)18(16,17)4-3-10(15)7-14-6-9(5-11)12-13-14/h6,8H,3-5,7,11H2,1-2H3. The van der Waals surface area contributed by atoms with Crippen molar-refractivity contribution in [1.29, 1.82) is 0 Å². The zero-order chi connectivity index (χ0) is 13.8. The van der Waals surface area contributed by atoms with Crippen molar-refractivity contribution in [2.45, 2.75) is 38.6 Å². The molecule has 18 heavy (non-hydrogen) atoms. The van der Waals surface area contributed by atoms with Crippen LogP contribution in [0.3, 0.4) is 0 Å². The monoisotopic (exact) mass is 274 g/mol. The average molecular weight is 274 g/mol. The maximum absolute atomic E-state index is 11.6. The van der Waals surface area contributed by atoms with Gasteiger partial charge in [-0.1, -0.05) is 5.21 Å². The summed E-state index contributed by atoms with van der Waals surface area (Å²) in [6, 6.07) is 0. The second kappa shape index (κ2) is 6.05. The van der Waals surface area contributed by atoms with Crippen LogP contribution in [-0.4, -0.2) is 40.2 Å². The van der Waals surface area contributed by atoms with Gasteiger partial charge >= 0.3 is 0 Å². The second-order valence-corrected chi connectivity index (χ2v) is 6.99. The van der Waals surface area contributed by atoms with E-state index in [1.165, 1.54) is 4.68 Å². The van der Waals surface area contributed by atoms with Crippen LogP contribution in [-0.2, 0) is 27.7 Å². The summed E-state index contributed by atoms with van der Waals surface area (Å²) in [5, 5.41) is 7.01. The van der Waals surface area contributed by atoms with Gasteiger partial charge in [-0.05, 0) is 13.8 Å². The Morgan fingerprint density at radius 1 is 1.50 bits per heavy atom. The van der Waals surface area contributed by atoms with Crippen LogP contribution < -0.4 is 5.73 Å². The Bertz CT molecular complexity index is 507. The molecule has 0 unspecified atom stereocenters. The van der Waals surface area contributed by atoms with Crippen LogP contribution in [0.2, 0.25) is 0 Å². The Labute approximate surface area is 106 Å². The first-order valence-electron chi connectivity index (χ1n) is 5.67. The topological polar surface area (TPSA) is 108 Å². The number of carbonyl (C=O) groups is 1. The summed E-state index contributed by atoms with van der Waals surface area (Å²) in [4.78, 5) is 11.6. The lowest BCUT2D eigenvalue weighted by atomic mass is 10.3. The highest BCUT2D eigenvalue weighted by Crippen LogP contribution is 2.03. The van der Waals surface area contributed by atoms with E-state index >= 15 is 0 Å². The highest BCUT2D eigenvalue weighted by molar-refractivity contribution is 7.91. The van der Waals surface area contributed by atoms with Crippen LogP contribution >= 0.6 is 0 Å². The van der Waals surface area contributed by atoms with Crippen LogP contribution in [0.1, 0.15) is 26.0 Å². The number of carbonyl (C=O) groups excluding carboxylic acids is 1. The number of hydrogen-bond acceptors (Lipinski definition) is 6. The first kappa shape index (κ1) is 14.8. The Balaban J connectivity index is 2.48. The van der Waals surface area contributed by atoms with Crippen molar-refractivity contribution in [3.63, 3.8) is 0 Å². The van der Waals surface area contributed by atoms with E-state index in [4.69, 9.17) is 5.73 Å². The van der Waals surface area contributed by atoms with Crippen molar-refractivity contribution < 1.29 is 13.2 Å². The Morgan fingerprint density at radius 2 is 2.17 bits per heavy atom. The number of hydrogen-bond donors (Lipinski definition) is 1. The molecule has 0 aromatic carbocycles. The lowest BCUT2D eigenvalue weighted by molar-refractivity contribution is -0.119. The normalized spacial score (nSPS) is 12.0. The van der Waals surface area contributed by atoms with Crippen LogP contribution in [0.15, 0.2) is 6.20 Å². The molecule has 0 saturated carbocycles. The Morgan fingerprint density at radius 3 is 2.67 bits per heavy atom. The number of Topliss-reactive ketones (excluding diaryl/α,β-unsaturated/α-hetero) is 1. The van der Waals surface area contributed by atoms with Crippen molar-refractivity contribution in [1.82, 2.24) is 15.0 Å². The number of nitrogens with zero attached hydrogens (tertiary/aromatic N) is 3. The van der Waals surface area contributed by atoms with Gasteiger partial charge in [0.25, 0.3) is 0 Å². The molecular formula is C10H18N4O3S. The van der Waals surface area contributed by atoms with E-state index in [0.29, 0.717) is 5.69 Å². The molecule has 7 nitrogen and oxygen atoms in total. The molecule has 0 aliphatic heterocycles. The van der Waals surface area contributed by atoms with Gasteiger partial charge in [0.15, 0.2) is 15.6 Å². The minimum atomic E-state index is -3.17. The highest BCUT2D eigenvalue weighted by atomic mass is 32.2. The number of aromatic nitrogens is 3. The maximum Gasteiger partial charge on any atom is 0.155 e. The van der Waals surface area contributed by atoms with Crippen LogP contribution in [0.5, 0.6) is 0 Å². The first-order valence-corrected chi connectivity index (χ1v) is 7.39. The molecule has 0 atom stereocenters. The summed E-state index contributed by atoms with van der Waals surface area (Å²) in [5.74, 6) is -0.310. The number of ketones is 1. The zero-order valence-corrected chi connectivity index (χ0v) is 11.4. The van der Waals surface area contributed by atoms with Gasteiger partial charge in [-0.15, -0.1) is 5.10 Å². The molecule has 8 heteroatoms. The Kier molecular flexibility index (Phi) is 4.97. The van der Waals surface area contributed by atoms with Gasteiger partial charge in [-0.25, -0.2) is 13.1 Å². The van der Waals surface area contributed by atoms with E-state index in [9.17, 15) is 13.2 Å². The van der Waals surface area contributed by atoms with Gasteiger partial charge in [0.2, 0.25) is 0 Å². The van der Waals surface area contributed by atoms with E-state index < -0.39 is 15.1 Å². The molecule has 0 amide bonds. The minimum Gasteiger partial charge on any atom is -0.325 e. The predicted molar refractivity (Wildman–Crippen MR) is 66.5 cm³/mol. The molecule has 0 spiro atoms. The van der Waals surface area contributed by atoms with Gasteiger partial charge in [0.1, 0.15) is 6.54 Å². The van der Waals surface area contributed by atoms with Crippen molar-refractivity contribution in [2.75, 3.05) is 5.75 Å². The maximum atomic E-state index is 11.6. The van der Waals surface area contributed by atoms with Crippen molar-refractivity contribution in [3.8, 4) is 0 Å². The molecule has 0 aliphatic rings. The third-order valence-corrected chi connectivity index (χ3v) is 4.73. The van der Waals surface area contributed by atoms with E-state index in [2.05, 4.69) is 10.3 Å². The van der Waals surface area contributed by atoms with Crippen molar-refractivity contribution in [3.05, 3.63) is 11.9 Å².